The number of fused-ring (bicyclic) bond motifs is 1. The molecule has 31 heavy (non-hydrogen) atoms. The zero-order valence-corrected chi connectivity index (χ0v) is 16.7. The highest BCUT2D eigenvalue weighted by molar-refractivity contribution is 5.52. The average Bonchev–Trinajstić information content (AvgIpc) is 3.44. The van der Waals surface area contributed by atoms with Gasteiger partial charge >= 0.3 is 6.18 Å². The number of aromatic nitrogens is 4. The van der Waals surface area contributed by atoms with Crippen molar-refractivity contribution in [3.63, 3.8) is 0 Å². The predicted octanol–water partition coefficient (Wildman–Crippen LogP) is 5.11. The number of benzene rings is 2. The normalized spacial score (nSPS) is 15.2. The van der Waals surface area contributed by atoms with E-state index in [9.17, 15) is 13.2 Å². The van der Waals surface area contributed by atoms with Gasteiger partial charge in [-0.15, -0.1) is 10.2 Å². The number of rotatable bonds is 5. The molecule has 5 rings (SSSR count). The summed E-state index contributed by atoms with van der Waals surface area (Å²) in [5.41, 5.74) is 1.85. The molecule has 0 atom stereocenters. The van der Waals surface area contributed by atoms with Crippen molar-refractivity contribution in [3.8, 4) is 5.88 Å². The van der Waals surface area contributed by atoms with E-state index in [2.05, 4.69) is 39.4 Å². The molecule has 1 fully saturated rings. The molecule has 0 amide bonds. The van der Waals surface area contributed by atoms with Crippen LogP contribution in [0.3, 0.4) is 0 Å². The lowest BCUT2D eigenvalue weighted by molar-refractivity contribution is -0.138. The fraction of sp³-hybridized carbons (Fsp3) is 0.261. The Morgan fingerprint density at radius 3 is 2.48 bits per heavy atom. The topological polar surface area (TPSA) is 52.3 Å². The third kappa shape index (κ3) is 3.41. The van der Waals surface area contributed by atoms with Crippen molar-refractivity contribution >= 4 is 5.65 Å². The molecule has 1 aliphatic carbocycles. The molecule has 0 bridgehead atoms. The molecule has 4 aromatic rings. The van der Waals surface area contributed by atoms with Crippen molar-refractivity contribution in [3.05, 3.63) is 89.0 Å². The lowest BCUT2D eigenvalue weighted by Gasteiger charge is -2.15. The fourth-order valence-electron chi connectivity index (χ4n) is 3.94. The molecule has 0 saturated heterocycles. The Labute approximate surface area is 176 Å². The van der Waals surface area contributed by atoms with Crippen LogP contribution in [0.25, 0.3) is 5.65 Å². The smallest absolute Gasteiger partial charge is 0.416 e. The maximum Gasteiger partial charge on any atom is 0.416 e. The van der Waals surface area contributed by atoms with Crippen molar-refractivity contribution in [2.24, 2.45) is 0 Å². The van der Waals surface area contributed by atoms with Crippen LogP contribution in [0.15, 0.2) is 60.9 Å². The standard InChI is InChI=1S/C23H19F3N4O/c1-15-6-8-17(9-7-15)22(10-11-22)21-29-28-19-20(27-12-13-30(19)21)31-14-16-4-2-3-5-18(16)23(24,25)26/h2-9,12-13H,10-11,14H2,1H3. The van der Waals surface area contributed by atoms with Crippen LogP contribution in [0.1, 0.15) is 40.9 Å². The Bertz CT molecular complexity index is 1240. The molecule has 0 radical (unpaired) electrons. The Hall–Kier alpha value is -3.42. The summed E-state index contributed by atoms with van der Waals surface area (Å²) in [5.74, 6) is 0.937. The van der Waals surface area contributed by atoms with Crippen molar-refractivity contribution < 1.29 is 17.9 Å². The van der Waals surface area contributed by atoms with Gasteiger partial charge in [-0.3, -0.25) is 4.40 Å². The van der Waals surface area contributed by atoms with Gasteiger partial charge in [0.15, 0.2) is 0 Å². The van der Waals surface area contributed by atoms with Gasteiger partial charge in [0.05, 0.1) is 11.0 Å². The highest BCUT2D eigenvalue weighted by Gasteiger charge is 2.49. The van der Waals surface area contributed by atoms with Crippen molar-refractivity contribution in [2.45, 2.75) is 38.0 Å². The van der Waals surface area contributed by atoms with Gasteiger partial charge in [-0.25, -0.2) is 4.98 Å². The molecule has 158 valence electrons. The minimum Gasteiger partial charge on any atom is -0.470 e. The summed E-state index contributed by atoms with van der Waals surface area (Å²) >= 11 is 0. The summed E-state index contributed by atoms with van der Waals surface area (Å²) in [6, 6.07) is 13.7. The van der Waals surface area contributed by atoms with Crippen molar-refractivity contribution in [1.82, 2.24) is 19.6 Å². The second-order valence-corrected chi connectivity index (χ2v) is 7.84. The van der Waals surface area contributed by atoms with Gasteiger partial charge < -0.3 is 4.74 Å². The van der Waals surface area contributed by atoms with Crippen LogP contribution in [-0.2, 0) is 18.2 Å². The molecule has 0 spiro atoms. The molecule has 2 aromatic carbocycles. The van der Waals surface area contributed by atoms with E-state index in [0.717, 1.165) is 24.7 Å². The van der Waals surface area contributed by atoms with Crippen LogP contribution in [0.4, 0.5) is 13.2 Å². The second-order valence-electron chi connectivity index (χ2n) is 7.84. The van der Waals surface area contributed by atoms with Gasteiger partial charge in [-0.2, -0.15) is 13.2 Å². The van der Waals surface area contributed by atoms with Crippen molar-refractivity contribution in [1.29, 1.82) is 0 Å². The molecular weight excluding hydrogens is 405 g/mol. The van der Waals surface area contributed by atoms with Crippen LogP contribution in [0, 0.1) is 6.92 Å². The first kappa shape index (κ1) is 19.5. The number of hydrogen-bond donors (Lipinski definition) is 0. The Kier molecular flexibility index (Phi) is 4.46. The third-order valence-electron chi connectivity index (χ3n) is 5.76. The Morgan fingerprint density at radius 1 is 1.03 bits per heavy atom. The van der Waals surface area contributed by atoms with E-state index >= 15 is 0 Å². The quantitative estimate of drug-likeness (QED) is 0.447. The van der Waals surface area contributed by atoms with E-state index in [1.54, 1.807) is 18.5 Å². The molecule has 0 N–H and O–H groups in total. The number of nitrogens with zero attached hydrogens (tertiary/aromatic N) is 4. The van der Waals surface area contributed by atoms with E-state index in [-0.39, 0.29) is 23.5 Å². The summed E-state index contributed by atoms with van der Waals surface area (Å²) in [7, 11) is 0. The van der Waals surface area contributed by atoms with Gasteiger partial charge in [0, 0.05) is 18.0 Å². The maximum absolute atomic E-state index is 13.3. The molecule has 0 aliphatic heterocycles. The lowest BCUT2D eigenvalue weighted by Crippen LogP contribution is -2.14. The van der Waals surface area contributed by atoms with Crippen LogP contribution in [0.2, 0.25) is 0 Å². The molecule has 5 nitrogen and oxygen atoms in total. The van der Waals surface area contributed by atoms with Gasteiger partial charge in [0.1, 0.15) is 12.4 Å². The first-order valence-electron chi connectivity index (χ1n) is 9.94. The number of hydrogen-bond acceptors (Lipinski definition) is 4. The minimum absolute atomic E-state index is 0.0388. The van der Waals surface area contributed by atoms with Gasteiger partial charge in [-0.1, -0.05) is 48.0 Å². The van der Waals surface area contributed by atoms with Gasteiger partial charge in [0.25, 0.3) is 5.88 Å². The summed E-state index contributed by atoms with van der Waals surface area (Å²) in [6.07, 6.45) is 0.766. The number of halogens is 3. The monoisotopic (exact) mass is 424 g/mol. The largest absolute Gasteiger partial charge is 0.470 e. The molecular formula is C23H19F3N4O. The van der Waals surface area contributed by atoms with Crippen LogP contribution < -0.4 is 4.74 Å². The first-order chi connectivity index (χ1) is 14.9. The number of aryl methyl sites for hydroxylation is 1. The Balaban J connectivity index is 1.47. The highest BCUT2D eigenvalue weighted by atomic mass is 19.4. The second kappa shape index (κ2) is 7.08. The highest BCUT2D eigenvalue weighted by Crippen LogP contribution is 2.52. The van der Waals surface area contributed by atoms with E-state index in [1.165, 1.54) is 23.3 Å². The summed E-state index contributed by atoms with van der Waals surface area (Å²) in [6.45, 7) is 1.77. The van der Waals surface area contributed by atoms with Gasteiger partial charge in [-0.05, 0) is 31.4 Å². The van der Waals surface area contributed by atoms with Crippen LogP contribution >= 0.6 is 0 Å². The molecule has 1 aliphatic rings. The summed E-state index contributed by atoms with van der Waals surface area (Å²) in [5, 5.41) is 8.67. The molecule has 2 heterocycles. The summed E-state index contributed by atoms with van der Waals surface area (Å²) < 4.78 is 47.3. The number of alkyl halides is 3. The molecule has 0 unspecified atom stereocenters. The van der Waals surface area contributed by atoms with Crippen molar-refractivity contribution in [2.75, 3.05) is 0 Å². The molecule has 1 saturated carbocycles. The Morgan fingerprint density at radius 2 is 1.77 bits per heavy atom. The first-order valence-corrected chi connectivity index (χ1v) is 9.94. The number of ether oxygens (including phenoxy) is 1. The van der Waals surface area contributed by atoms with Crippen LogP contribution in [-0.4, -0.2) is 19.6 Å². The fourth-order valence-corrected chi connectivity index (χ4v) is 3.94. The van der Waals surface area contributed by atoms with Gasteiger partial charge in [0.2, 0.25) is 5.65 Å². The lowest BCUT2D eigenvalue weighted by atomic mass is 9.94. The predicted molar refractivity (Wildman–Crippen MR) is 108 cm³/mol. The maximum atomic E-state index is 13.3. The van der Waals surface area contributed by atoms with E-state index in [4.69, 9.17) is 4.74 Å². The zero-order valence-electron chi connectivity index (χ0n) is 16.7. The van der Waals surface area contributed by atoms with E-state index in [0.29, 0.717) is 5.65 Å². The minimum atomic E-state index is -4.45. The average molecular weight is 424 g/mol. The summed E-state index contributed by atoms with van der Waals surface area (Å²) in [4.78, 5) is 4.19. The van der Waals surface area contributed by atoms with E-state index in [1.807, 2.05) is 11.3 Å². The third-order valence-corrected chi connectivity index (χ3v) is 5.76. The molecule has 8 heteroatoms. The van der Waals surface area contributed by atoms with E-state index < -0.39 is 11.7 Å². The SMILES string of the molecule is Cc1ccc(C2(c3nnc4c(OCc5ccccc5C(F)(F)F)nccn34)CC2)cc1. The molecule has 2 aromatic heterocycles. The zero-order chi connectivity index (χ0) is 21.6. The van der Waals surface area contributed by atoms with Crippen LogP contribution in [0.5, 0.6) is 5.88 Å².